The van der Waals surface area contributed by atoms with Gasteiger partial charge in [-0.3, -0.25) is 9.78 Å². The molecule has 2 aromatic carbocycles. The minimum Gasteiger partial charge on any atom is -0.492 e. The molecule has 0 aliphatic carbocycles. The Morgan fingerprint density at radius 1 is 1.19 bits per heavy atom. The van der Waals surface area contributed by atoms with Gasteiger partial charge in [0.05, 0.1) is 16.6 Å². The zero-order chi connectivity index (χ0) is 19.1. The first kappa shape index (κ1) is 16.5. The molecule has 0 atom stereocenters. The van der Waals surface area contributed by atoms with Gasteiger partial charge >= 0.3 is 5.97 Å². The van der Waals surface area contributed by atoms with Crippen LogP contribution < -0.4 is 5.56 Å². The summed E-state index contributed by atoms with van der Waals surface area (Å²) in [7, 11) is 0. The second-order valence-corrected chi connectivity index (χ2v) is 5.91. The molecular weight excluding hydrogens is 350 g/mol. The summed E-state index contributed by atoms with van der Waals surface area (Å²) < 4.78 is 1.35. The molecule has 0 bridgehead atoms. The molecule has 4 rings (SSSR count). The number of azo groups is 1. The van der Waals surface area contributed by atoms with Crippen molar-refractivity contribution in [2.45, 2.75) is 6.92 Å². The van der Waals surface area contributed by atoms with Gasteiger partial charge in [0.1, 0.15) is 5.69 Å². The Bertz CT molecular complexity index is 1300. The summed E-state index contributed by atoms with van der Waals surface area (Å²) in [5.74, 6) is -1.43. The number of hydrogen-bond donors (Lipinski definition) is 3. The SMILES string of the molecule is Cc1ccc(N=Nc2c(O)n3c(nc4ccccc43)[nH]c2=O)c(C(=O)O)c1. The fourth-order valence-electron chi connectivity index (χ4n) is 2.79. The summed E-state index contributed by atoms with van der Waals surface area (Å²) >= 11 is 0. The number of aryl methyl sites for hydroxylation is 1. The van der Waals surface area contributed by atoms with Crippen LogP contribution in [0.1, 0.15) is 15.9 Å². The molecule has 0 unspecified atom stereocenters. The highest BCUT2D eigenvalue weighted by molar-refractivity contribution is 5.93. The smallest absolute Gasteiger partial charge is 0.337 e. The molecule has 27 heavy (non-hydrogen) atoms. The molecule has 3 N–H and O–H groups in total. The largest absolute Gasteiger partial charge is 0.492 e. The second kappa shape index (κ2) is 6.06. The summed E-state index contributed by atoms with van der Waals surface area (Å²) in [5.41, 5.74) is 0.902. The van der Waals surface area contributed by atoms with Crippen molar-refractivity contribution in [1.82, 2.24) is 14.4 Å². The van der Waals surface area contributed by atoms with E-state index in [0.29, 0.717) is 11.0 Å². The Kier molecular flexibility index (Phi) is 3.69. The molecule has 0 aliphatic rings. The average molecular weight is 363 g/mol. The van der Waals surface area contributed by atoms with Crippen LogP contribution in [0.25, 0.3) is 16.8 Å². The standard InChI is InChI=1S/C18H13N5O4/c1-9-6-7-11(10(8-9)17(26)27)21-22-14-15(24)20-18-19-12-4-2-3-5-13(12)23(18)16(14)25/h2-8,25H,1H3,(H,26,27)(H,19,20,24). The van der Waals surface area contributed by atoms with Crippen LogP contribution in [0.3, 0.4) is 0 Å². The van der Waals surface area contributed by atoms with Crippen LogP contribution in [0.4, 0.5) is 11.4 Å². The summed E-state index contributed by atoms with van der Waals surface area (Å²) in [6.07, 6.45) is 0. The number of aromatic nitrogens is 3. The summed E-state index contributed by atoms with van der Waals surface area (Å²) in [6.45, 7) is 1.75. The monoisotopic (exact) mass is 363 g/mol. The molecule has 0 radical (unpaired) electrons. The molecule has 0 aliphatic heterocycles. The lowest BCUT2D eigenvalue weighted by Crippen LogP contribution is -2.08. The predicted molar refractivity (Wildman–Crippen MR) is 97.3 cm³/mol. The number of para-hydroxylation sites is 2. The van der Waals surface area contributed by atoms with Crippen molar-refractivity contribution in [2.75, 3.05) is 0 Å². The molecule has 9 heteroatoms. The molecule has 134 valence electrons. The van der Waals surface area contributed by atoms with Gasteiger partial charge in [0.2, 0.25) is 17.3 Å². The van der Waals surface area contributed by atoms with Crippen molar-refractivity contribution in [2.24, 2.45) is 10.2 Å². The number of nitrogens with one attached hydrogen (secondary N) is 1. The topological polar surface area (TPSA) is 132 Å². The molecule has 2 heterocycles. The Hall–Kier alpha value is -4.01. The van der Waals surface area contributed by atoms with Gasteiger partial charge in [-0.05, 0) is 31.2 Å². The molecule has 0 amide bonds. The van der Waals surface area contributed by atoms with E-state index in [2.05, 4.69) is 20.2 Å². The number of aromatic hydroxyl groups is 1. The lowest BCUT2D eigenvalue weighted by atomic mass is 10.1. The van der Waals surface area contributed by atoms with E-state index in [1.807, 2.05) is 0 Å². The van der Waals surface area contributed by atoms with Crippen LogP contribution in [0, 0.1) is 6.92 Å². The summed E-state index contributed by atoms with van der Waals surface area (Å²) in [4.78, 5) is 30.4. The number of benzene rings is 2. The number of H-pyrrole nitrogens is 1. The quantitative estimate of drug-likeness (QED) is 0.480. The first-order valence-electron chi connectivity index (χ1n) is 7.94. The maximum Gasteiger partial charge on any atom is 0.337 e. The average Bonchev–Trinajstić information content (AvgIpc) is 3.00. The maximum absolute atomic E-state index is 12.3. The molecule has 0 saturated carbocycles. The Balaban J connectivity index is 1.90. The van der Waals surface area contributed by atoms with Gasteiger partial charge in [-0.15, -0.1) is 10.2 Å². The number of carboxylic acids is 1. The Labute approximate surface area is 151 Å². The highest BCUT2D eigenvalue weighted by Gasteiger charge is 2.16. The van der Waals surface area contributed by atoms with Crippen molar-refractivity contribution >= 4 is 34.2 Å². The van der Waals surface area contributed by atoms with Gasteiger partial charge in [-0.2, -0.15) is 0 Å². The lowest BCUT2D eigenvalue weighted by Gasteiger charge is -2.03. The van der Waals surface area contributed by atoms with E-state index in [1.54, 1.807) is 37.3 Å². The van der Waals surface area contributed by atoms with Gasteiger partial charge in [-0.25, -0.2) is 14.2 Å². The molecule has 2 aromatic heterocycles. The van der Waals surface area contributed by atoms with E-state index in [-0.39, 0.29) is 22.7 Å². The van der Waals surface area contributed by atoms with Crippen molar-refractivity contribution in [1.29, 1.82) is 0 Å². The normalized spacial score (nSPS) is 11.6. The zero-order valence-electron chi connectivity index (χ0n) is 14.0. The van der Waals surface area contributed by atoms with E-state index in [4.69, 9.17) is 0 Å². The number of aromatic carboxylic acids is 1. The number of carbonyl (C=O) groups is 1. The number of nitrogens with zero attached hydrogens (tertiary/aromatic N) is 4. The van der Waals surface area contributed by atoms with Gasteiger partial charge in [0.15, 0.2) is 0 Å². The predicted octanol–water partition coefficient (Wildman–Crippen LogP) is 3.30. The molecule has 0 saturated heterocycles. The number of aromatic amines is 1. The van der Waals surface area contributed by atoms with Gasteiger partial charge in [0.25, 0.3) is 5.56 Å². The third-order valence-corrected chi connectivity index (χ3v) is 4.07. The van der Waals surface area contributed by atoms with Gasteiger partial charge in [-0.1, -0.05) is 23.8 Å². The molecule has 0 fully saturated rings. The zero-order valence-corrected chi connectivity index (χ0v) is 14.0. The van der Waals surface area contributed by atoms with Crippen molar-refractivity contribution in [3.05, 3.63) is 63.9 Å². The van der Waals surface area contributed by atoms with E-state index < -0.39 is 17.4 Å². The first-order chi connectivity index (χ1) is 13.0. The second-order valence-electron chi connectivity index (χ2n) is 5.91. The van der Waals surface area contributed by atoms with Gasteiger partial charge in [0, 0.05) is 0 Å². The van der Waals surface area contributed by atoms with E-state index in [1.165, 1.54) is 16.5 Å². The maximum atomic E-state index is 12.3. The van der Waals surface area contributed by atoms with E-state index >= 15 is 0 Å². The van der Waals surface area contributed by atoms with Crippen LogP contribution in [-0.2, 0) is 0 Å². The van der Waals surface area contributed by atoms with Crippen molar-refractivity contribution in [3.8, 4) is 5.88 Å². The fraction of sp³-hybridized carbons (Fsp3) is 0.0556. The molecular formula is C18H13N5O4. The number of fused-ring (bicyclic) bond motifs is 3. The van der Waals surface area contributed by atoms with Crippen LogP contribution >= 0.6 is 0 Å². The fourth-order valence-corrected chi connectivity index (χ4v) is 2.79. The number of hydrogen-bond acceptors (Lipinski definition) is 6. The van der Waals surface area contributed by atoms with Crippen molar-refractivity contribution in [3.63, 3.8) is 0 Å². The van der Waals surface area contributed by atoms with Crippen LogP contribution in [0.2, 0.25) is 0 Å². The minimum absolute atomic E-state index is 0.0520. The van der Waals surface area contributed by atoms with Crippen molar-refractivity contribution < 1.29 is 15.0 Å². The molecule has 0 spiro atoms. The highest BCUT2D eigenvalue weighted by Crippen LogP contribution is 2.29. The number of rotatable bonds is 3. The number of carboxylic acid groups (broad SMARTS) is 1. The summed E-state index contributed by atoms with van der Waals surface area (Å²) in [6, 6.07) is 11.6. The molecule has 9 nitrogen and oxygen atoms in total. The lowest BCUT2D eigenvalue weighted by molar-refractivity contribution is 0.0697. The summed E-state index contributed by atoms with van der Waals surface area (Å²) in [5, 5.41) is 27.5. The highest BCUT2D eigenvalue weighted by atomic mass is 16.4. The Morgan fingerprint density at radius 2 is 1.96 bits per heavy atom. The van der Waals surface area contributed by atoms with Gasteiger partial charge < -0.3 is 10.2 Å². The van der Waals surface area contributed by atoms with Crippen LogP contribution in [0.15, 0.2) is 57.5 Å². The number of imidazole rings is 1. The Morgan fingerprint density at radius 3 is 2.74 bits per heavy atom. The minimum atomic E-state index is -1.16. The van der Waals surface area contributed by atoms with E-state index in [9.17, 15) is 19.8 Å². The van der Waals surface area contributed by atoms with E-state index in [0.717, 1.165) is 5.56 Å². The molecule has 4 aromatic rings. The van der Waals surface area contributed by atoms with Crippen LogP contribution in [-0.4, -0.2) is 30.6 Å². The third kappa shape index (κ3) is 2.71. The van der Waals surface area contributed by atoms with Crippen LogP contribution in [0.5, 0.6) is 5.88 Å². The first-order valence-corrected chi connectivity index (χ1v) is 7.94. The third-order valence-electron chi connectivity index (χ3n) is 4.07.